The van der Waals surface area contributed by atoms with Crippen LogP contribution in [-0.4, -0.2) is 70.8 Å². The highest BCUT2D eigenvalue weighted by Gasteiger charge is 2.36. The van der Waals surface area contributed by atoms with Crippen molar-refractivity contribution in [2.24, 2.45) is 13.0 Å². The normalized spacial score (nSPS) is 14.0. The second kappa shape index (κ2) is 9.14. The molecule has 1 aliphatic rings. The number of pyridine rings is 2. The number of amides is 2. The zero-order valence-electron chi connectivity index (χ0n) is 19.4. The minimum absolute atomic E-state index is 0.127. The van der Waals surface area contributed by atoms with E-state index in [4.69, 9.17) is 14.6 Å². The molecule has 1 N–H and O–H groups in total. The number of fused-ring (bicyclic) bond motifs is 1. The molecule has 3 aromatic rings. The molecule has 0 saturated carbocycles. The maximum Gasteiger partial charge on any atom is 0.413 e. The van der Waals surface area contributed by atoms with Crippen LogP contribution < -0.4 is 15.0 Å². The molecular weight excluding hydrogens is 440 g/mol. The third-order valence-electron chi connectivity index (χ3n) is 6.21. The molecule has 34 heavy (non-hydrogen) atoms. The fourth-order valence-corrected chi connectivity index (χ4v) is 4.28. The quantitative estimate of drug-likeness (QED) is 0.588. The van der Waals surface area contributed by atoms with Crippen LogP contribution in [0.2, 0.25) is 0 Å². The first-order valence-electron chi connectivity index (χ1n) is 10.7. The average molecular weight is 466 g/mol. The number of likely N-dealkylation sites (tertiary alicyclic amines) is 1. The molecule has 0 atom stereocenters. The minimum atomic E-state index is -1.26. The van der Waals surface area contributed by atoms with Crippen molar-refractivity contribution in [1.29, 1.82) is 0 Å². The molecule has 1 aliphatic heterocycles. The van der Waals surface area contributed by atoms with Crippen molar-refractivity contribution in [3.63, 3.8) is 0 Å². The Bertz CT molecular complexity index is 1300. The molecule has 0 radical (unpaired) electrons. The van der Waals surface area contributed by atoms with Crippen molar-refractivity contribution in [2.45, 2.75) is 6.54 Å². The number of imide groups is 1. The zero-order valence-corrected chi connectivity index (χ0v) is 19.4. The summed E-state index contributed by atoms with van der Waals surface area (Å²) in [6, 6.07) is 5.61. The predicted molar refractivity (Wildman–Crippen MR) is 125 cm³/mol. The largest absolute Gasteiger partial charge is 0.496 e. The molecule has 2 amide bonds. The van der Waals surface area contributed by atoms with Crippen LogP contribution in [-0.2, 0) is 18.4 Å². The van der Waals surface area contributed by atoms with Gasteiger partial charge in [0.15, 0.2) is 0 Å². The molecule has 10 nitrogen and oxygen atoms in total. The zero-order chi connectivity index (χ0) is 24.6. The number of hydrogen-bond acceptors (Lipinski definition) is 7. The van der Waals surface area contributed by atoms with E-state index in [1.54, 1.807) is 39.9 Å². The molecule has 178 valence electrons. The van der Waals surface area contributed by atoms with Crippen molar-refractivity contribution < 1.29 is 24.2 Å². The van der Waals surface area contributed by atoms with Gasteiger partial charge in [-0.15, -0.1) is 0 Å². The highest BCUT2D eigenvalue weighted by Crippen LogP contribution is 2.38. The molecule has 0 spiro atoms. The van der Waals surface area contributed by atoms with Gasteiger partial charge in [0.25, 0.3) is 5.56 Å². The number of benzene rings is 1. The predicted octanol–water partition coefficient (Wildman–Crippen LogP) is 2.19. The minimum Gasteiger partial charge on any atom is -0.496 e. The second-order valence-corrected chi connectivity index (χ2v) is 8.31. The summed E-state index contributed by atoms with van der Waals surface area (Å²) in [5.41, 5.74) is 2.36. The second-order valence-electron chi connectivity index (χ2n) is 8.31. The Kier molecular flexibility index (Phi) is 6.25. The van der Waals surface area contributed by atoms with E-state index in [2.05, 4.69) is 4.98 Å². The van der Waals surface area contributed by atoms with Crippen LogP contribution in [0.4, 0.5) is 4.79 Å². The number of aromatic nitrogens is 2. The average Bonchev–Trinajstić information content (AvgIpc) is 2.82. The molecular formula is C24H26N4O6. The number of carbonyl (C=O) groups excluding carboxylic acids is 1. The highest BCUT2D eigenvalue weighted by atomic mass is 16.5. The van der Waals surface area contributed by atoms with E-state index in [9.17, 15) is 14.4 Å². The van der Waals surface area contributed by atoms with Crippen LogP contribution in [0.3, 0.4) is 0 Å². The summed E-state index contributed by atoms with van der Waals surface area (Å²) in [7, 11) is 6.12. The number of aryl methyl sites for hydroxylation is 1. The van der Waals surface area contributed by atoms with E-state index in [1.165, 1.54) is 11.6 Å². The lowest BCUT2D eigenvalue weighted by Gasteiger charge is -2.39. The maximum absolute atomic E-state index is 12.5. The van der Waals surface area contributed by atoms with Gasteiger partial charge in [-0.25, -0.2) is 4.79 Å². The maximum atomic E-state index is 12.5. The number of carboxylic acid groups (broad SMARTS) is 1. The Hall–Kier alpha value is -3.92. The molecule has 1 aromatic carbocycles. The van der Waals surface area contributed by atoms with Crippen molar-refractivity contribution >= 4 is 22.8 Å². The first-order chi connectivity index (χ1) is 16.2. The Balaban J connectivity index is 1.65. The Morgan fingerprint density at radius 1 is 1.18 bits per heavy atom. The Morgan fingerprint density at radius 2 is 1.82 bits per heavy atom. The van der Waals surface area contributed by atoms with Gasteiger partial charge in [-0.2, -0.15) is 0 Å². The van der Waals surface area contributed by atoms with Gasteiger partial charge >= 0.3 is 6.09 Å². The van der Waals surface area contributed by atoms with E-state index in [-0.39, 0.29) is 11.5 Å². The number of rotatable bonds is 6. The van der Waals surface area contributed by atoms with Crippen molar-refractivity contribution in [1.82, 2.24) is 19.4 Å². The first kappa shape index (κ1) is 23.2. The van der Waals surface area contributed by atoms with E-state index in [0.717, 1.165) is 27.0 Å². The molecule has 4 rings (SSSR count). The summed E-state index contributed by atoms with van der Waals surface area (Å²) >= 11 is 0. The molecule has 3 heterocycles. The van der Waals surface area contributed by atoms with Crippen LogP contribution in [0.1, 0.15) is 5.56 Å². The molecule has 10 heteroatoms. The van der Waals surface area contributed by atoms with Crippen LogP contribution in [0.5, 0.6) is 11.5 Å². The van der Waals surface area contributed by atoms with Crippen LogP contribution in [0.15, 0.2) is 41.6 Å². The standard InChI is InChI=1S/C24H26N4O6/c1-26-12-18(16-5-6-25-9-17(16)23(26)30)14-7-20(33-3)19(21(8-14)34-4)13-28-10-15(11-28)22(29)27(2)24(31)32/h5-9,12,15H,10-11,13H2,1-4H3,(H,31,32). The van der Waals surface area contributed by atoms with E-state index < -0.39 is 12.0 Å². The lowest BCUT2D eigenvalue weighted by atomic mass is 9.95. The summed E-state index contributed by atoms with van der Waals surface area (Å²) in [4.78, 5) is 42.6. The van der Waals surface area contributed by atoms with Gasteiger partial charge in [0.1, 0.15) is 11.5 Å². The highest BCUT2D eigenvalue weighted by molar-refractivity contribution is 5.96. The van der Waals surface area contributed by atoms with Crippen molar-refractivity contribution in [3.8, 4) is 22.6 Å². The third kappa shape index (κ3) is 4.08. The molecule has 1 saturated heterocycles. The molecule has 0 bridgehead atoms. The number of nitrogens with zero attached hydrogens (tertiary/aromatic N) is 4. The first-order valence-corrected chi connectivity index (χ1v) is 10.7. The fraction of sp³-hybridized carbons (Fsp3) is 0.333. The fourth-order valence-electron chi connectivity index (χ4n) is 4.28. The van der Waals surface area contributed by atoms with Gasteiger partial charge in [0.2, 0.25) is 5.91 Å². The topological polar surface area (TPSA) is 114 Å². The lowest BCUT2D eigenvalue weighted by Crippen LogP contribution is -2.54. The SMILES string of the molecule is COc1cc(-c2cn(C)c(=O)c3cnccc23)cc(OC)c1CN1CC(C(=O)N(C)C(=O)O)C1. The lowest BCUT2D eigenvalue weighted by molar-refractivity contribution is -0.137. The number of methoxy groups -OCH3 is 2. The molecule has 2 aromatic heterocycles. The smallest absolute Gasteiger partial charge is 0.413 e. The van der Waals surface area contributed by atoms with E-state index in [0.29, 0.717) is 36.5 Å². The Morgan fingerprint density at radius 3 is 2.41 bits per heavy atom. The van der Waals surface area contributed by atoms with Crippen LogP contribution in [0, 0.1) is 5.92 Å². The number of ether oxygens (including phenoxy) is 2. The molecule has 1 fully saturated rings. The van der Waals surface area contributed by atoms with Gasteiger partial charge in [-0.1, -0.05) is 0 Å². The summed E-state index contributed by atoms with van der Waals surface area (Å²) in [6.07, 6.45) is 3.73. The summed E-state index contributed by atoms with van der Waals surface area (Å²) < 4.78 is 12.9. The van der Waals surface area contributed by atoms with Gasteiger partial charge in [0, 0.05) is 57.9 Å². The summed E-state index contributed by atoms with van der Waals surface area (Å²) in [6.45, 7) is 1.37. The van der Waals surface area contributed by atoms with E-state index >= 15 is 0 Å². The van der Waals surface area contributed by atoms with Gasteiger partial charge in [-0.3, -0.25) is 24.4 Å². The number of carbonyl (C=O) groups is 2. The summed E-state index contributed by atoms with van der Waals surface area (Å²) in [5.74, 6) is 0.461. The van der Waals surface area contributed by atoms with Crippen molar-refractivity contribution in [3.05, 3.63) is 52.7 Å². The van der Waals surface area contributed by atoms with E-state index in [1.807, 2.05) is 23.1 Å². The number of hydrogen-bond donors (Lipinski definition) is 1. The molecule has 0 aliphatic carbocycles. The van der Waals surface area contributed by atoms with Gasteiger partial charge < -0.3 is 19.1 Å². The van der Waals surface area contributed by atoms with Gasteiger partial charge in [-0.05, 0) is 29.1 Å². The Labute approximate surface area is 195 Å². The van der Waals surface area contributed by atoms with Crippen LogP contribution in [0.25, 0.3) is 21.9 Å². The van der Waals surface area contributed by atoms with Crippen molar-refractivity contribution in [2.75, 3.05) is 34.4 Å². The third-order valence-corrected chi connectivity index (χ3v) is 6.21. The molecule has 0 unspecified atom stereocenters. The van der Waals surface area contributed by atoms with Gasteiger partial charge in [0.05, 0.1) is 31.1 Å². The monoisotopic (exact) mass is 466 g/mol. The summed E-state index contributed by atoms with van der Waals surface area (Å²) in [5, 5.41) is 10.3. The van der Waals surface area contributed by atoms with Crippen LogP contribution >= 0.6 is 0 Å².